The van der Waals surface area contributed by atoms with Crippen molar-refractivity contribution in [3.8, 4) is 0 Å². The van der Waals surface area contributed by atoms with Crippen molar-refractivity contribution >= 4 is 5.65 Å². The molecule has 3 rings (SSSR count). The molecule has 1 aliphatic carbocycles. The SMILES string of the molecule is CNCc1cccc2nc(C3CC3)nn12. The summed E-state index contributed by atoms with van der Waals surface area (Å²) in [5, 5.41) is 7.70. The molecule has 15 heavy (non-hydrogen) atoms. The highest BCUT2D eigenvalue weighted by Gasteiger charge is 2.28. The maximum absolute atomic E-state index is 4.56. The Labute approximate surface area is 88.3 Å². The molecule has 0 saturated heterocycles. The van der Waals surface area contributed by atoms with Crippen LogP contribution in [0.2, 0.25) is 0 Å². The predicted octanol–water partition coefficient (Wildman–Crippen LogP) is 1.33. The van der Waals surface area contributed by atoms with Gasteiger partial charge in [0.2, 0.25) is 0 Å². The lowest BCUT2D eigenvalue weighted by molar-refractivity contribution is 0.738. The van der Waals surface area contributed by atoms with Gasteiger partial charge in [-0.2, -0.15) is 5.10 Å². The number of hydrogen-bond acceptors (Lipinski definition) is 3. The second-order valence-electron chi connectivity index (χ2n) is 4.06. The first-order valence-corrected chi connectivity index (χ1v) is 5.37. The molecule has 0 aromatic carbocycles. The quantitative estimate of drug-likeness (QED) is 0.816. The van der Waals surface area contributed by atoms with E-state index in [0.29, 0.717) is 5.92 Å². The molecule has 2 aromatic rings. The number of nitrogens with one attached hydrogen (secondary N) is 1. The van der Waals surface area contributed by atoms with Crippen LogP contribution in [0.25, 0.3) is 5.65 Å². The summed E-state index contributed by atoms with van der Waals surface area (Å²) < 4.78 is 1.95. The van der Waals surface area contributed by atoms with Crippen molar-refractivity contribution in [3.05, 3.63) is 29.7 Å². The van der Waals surface area contributed by atoms with E-state index < -0.39 is 0 Å². The zero-order valence-corrected chi connectivity index (χ0v) is 8.77. The third-order valence-electron chi connectivity index (χ3n) is 2.75. The zero-order chi connectivity index (χ0) is 10.3. The molecule has 1 N–H and O–H groups in total. The highest BCUT2D eigenvalue weighted by Crippen LogP contribution is 2.38. The van der Waals surface area contributed by atoms with Crippen LogP contribution in [0.5, 0.6) is 0 Å². The molecule has 78 valence electrons. The summed E-state index contributed by atoms with van der Waals surface area (Å²) in [6.07, 6.45) is 2.50. The molecule has 4 heteroatoms. The molecule has 0 amide bonds. The van der Waals surface area contributed by atoms with Gasteiger partial charge in [0, 0.05) is 12.5 Å². The molecule has 1 saturated carbocycles. The minimum Gasteiger partial charge on any atom is -0.314 e. The van der Waals surface area contributed by atoms with E-state index in [1.165, 1.54) is 12.8 Å². The van der Waals surface area contributed by atoms with Crippen molar-refractivity contribution in [1.29, 1.82) is 0 Å². The fourth-order valence-electron chi connectivity index (χ4n) is 1.81. The Bertz CT molecular complexity index is 484. The van der Waals surface area contributed by atoms with Crippen molar-refractivity contribution in [3.63, 3.8) is 0 Å². The van der Waals surface area contributed by atoms with Crippen molar-refractivity contribution in [2.75, 3.05) is 7.05 Å². The molecule has 4 nitrogen and oxygen atoms in total. The standard InChI is InChI=1S/C11H14N4/c1-12-7-9-3-2-4-10-13-11(8-5-6-8)14-15(9)10/h2-4,8,12H,5-7H2,1H3. The van der Waals surface area contributed by atoms with Gasteiger partial charge in [-0.3, -0.25) is 0 Å². The molecule has 0 spiro atoms. The Morgan fingerprint density at radius 2 is 2.33 bits per heavy atom. The number of pyridine rings is 1. The molecule has 0 aliphatic heterocycles. The molecule has 2 aromatic heterocycles. The van der Waals surface area contributed by atoms with Crippen molar-refractivity contribution in [2.45, 2.75) is 25.3 Å². The molecular formula is C11H14N4. The van der Waals surface area contributed by atoms with Crippen LogP contribution in [0, 0.1) is 0 Å². The highest BCUT2D eigenvalue weighted by molar-refractivity contribution is 5.39. The Morgan fingerprint density at radius 3 is 3.07 bits per heavy atom. The first kappa shape index (κ1) is 8.85. The maximum atomic E-state index is 4.56. The van der Waals surface area contributed by atoms with Gasteiger partial charge in [0.05, 0.1) is 5.69 Å². The van der Waals surface area contributed by atoms with Crippen molar-refractivity contribution in [2.24, 2.45) is 0 Å². The van der Waals surface area contributed by atoms with Gasteiger partial charge in [0.25, 0.3) is 0 Å². The summed E-state index contributed by atoms with van der Waals surface area (Å²) in [6, 6.07) is 6.13. The summed E-state index contributed by atoms with van der Waals surface area (Å²) in [5.74, 6) is 1.63. The van der Waals surface area contributed by atoms with Gasteiger partial charge < -0.3 is 5.32 Å². The lowest BCUT2D eigenvalue weighted by atomic mass is 10.3. The van der Waals surface area contributed by atoms with Gasteiger partial charge in [-0.1, -0.05) is 6.07 Å². The topological polar surface area (TPSA) is 42.2 Å². The van der Waals surface area contributed by atoms with Crippen LogP contribution >= 0.6 is 0 Å². The van der Waals surface area contributed by atoms with Crippen molar-refractivity contribution in [1.82, 2.24) is 19.9 Å². The van der Waals surface area contributed by atoms with E-state index in [9.17, 15) is 0 Å². The average Bonchev–Trinajstić information content (AvgIpc) is 2.99. The first-order valence-electron chi connectivity index (χ1n) is 5.37. The zero-order valence-electron chi connectivity index (χ0n) is 8.77. The maximum Gasteiger partial charge on any atom is 0.155 e. The second-order valence-corrected chi connectivity index (χ2v) is 4.06. The number of rotatable bonds is 3. The third-order valence-corrected chi connectivity index (χ3v) is 2.75. The first-order chi connectivity index (χ1) is 7.38. The second kappa shape index (κ2) is 3.31. The predicted molar refractivity (Wildman–Crippen MR) is 57.7 cm³/mol. The molecule has 0 radical (unpaired) electrons. The van der Waals surface area contributed by atoms with Gasteiger partial charge in [-0.25, -0.2) is 9.50 Å². The Kier molecular flexibility index (Phi) is 1.95. The number of hydrogen-bond donors (Lipinski definition) is 1. The van der Waals surface area contributed by atoms with Gasteiger partial charge in [0.1, 0.15) is 0 Å². The summed E-state index contributed by atoms with van der Waals surface area (Å²) in [6.45, 7) is 0.824. The van der Waals surface area contributed by atoms with E-state index in [4.69, 9.17) is 0 Å². The minimum atomic E-state index is 0.618. The number of fused-ring (bicyclic) bond motifs is 1. The molecule has 1 fully saturated rings. The average molecular weight is 202 g/mol. The van der Waals surface area contributed by atoms with Gasteiger partial charge in [-0.15, -0.1) is 0 Å². The monoisotopic (exact) mass is 202 g/mol. The molecule has 2 heterocycles. The summed E-state index contributed by atoms with van der Waals surface area (Å²) in [5.41, 5.74) is 2.12. The van der Waals surface area contributed by atoms with E-state index in [1.54, 1.807) is 0 Å². The van der Waals surface area contributed by atoms with E-state index in [-0.39, 0.29) is 0 Å². The van der Waals surface area contributed by atoms with Crippen molar-refractivity contribution < 1.29 is 0 Å². The van der Waals surface area contributed by atoms with Crippen LogP contribution in [0.15, 0.2) is 18.2 Å². The van der Waals surface area contributed by atoms with Crippen LogP contribution in [0.4, 0.5) is 0 Å². The van der Waals surface area contributed by atoms with Crippen LogP contribution in [-0.2, 0) is 6.54 Å². The van der Waals surface area contributed by atoms with E-state index >= 15 is 0 Å². The smallest absolute Gasteiger partial charge is 0.155 e. The fraction of sp³-hybridized carbons (Fsp3) is 0.455. The molecule has 0 unspecified atom stereocenters. The van der Waals surface area contributed by atoms with Gasteiger partial charge in [-0.05, 0) is 32.0 Å². The van der Waals surface area contributed by atoms with E-state index in [1.807, 2.05) is 23.7 Å². The molecule has 0 atom stereocenters. The Morgan fingerprint density at radius 1 is 1.47 bits per heavy atom. The third kappa shape index (κ3) is 1.51. The lowest BCUT2D eigenvalue weighted by Gasteiger charge is -2.01. The molecule has 1 aliphatic rings. The van der Waals surface area contributed by atoms with E-state index in [2.05, 4.69) is 21.5 Å². The summed E-state index contributed by atoms with van der Waals surface area (Å²) >= 11 is 0. The minimum absolute atomic E-state index is 0.618. The van der Waals surface area contributed by atoms with Gasteiger partial charge >= 0.3 is 0 Å². The summed E-state index contributed by atoms with van der Waals surface area (Å²) in [4.78, 5) is 4.54. The van der Waals surface area contributed by atoms with Crippen LogP contribution in [0.3, 0.4) is 0 Å². The lowest BCUT2D eigenvalue weighted by Crippen LogP contribution is -2.09. The van der Waals surface area contributed by atoms with Crippen LogP contribution in [-0.4, -0.2) is 21.6 Å². The molecular weight excluding hydrogens is 188 g/mol. The summed E-state index contributed by atoms with van der Waals surface area (Å²) in [7, 11) is 1.94. The van der Waals surface area contributed by atoms with Crippen LogP contribution < -0.4 is 5.32 Å². The van der Waals surface area contributed by atoms with E-state index in [0.717, 1.165) is 23.7 Å². The number of nitrogens with zero attached hydrogens (tertiary/aromatic N) is 3. The fourth-order valence-corrected chi connectivity index (χ4v) is 1.81. The van der Waals surface area contributed by atoms with Gasteiger partial charge in [0.15, 0.2) is 11.5 Å². The molecule has 0 bridgehead atoms. The normalized spacial score (nSPS) is 16.1. The number of aromatic nitrogens is 3. The largest absolute Gasteiger partial charge is 0.314 e. The Hall–Kier alpha value is -1.42. The Balaban J connectivity index is 2.11. The van der Waals surface area contributed by atoms with Crippen LogP contribution in [0.1, 0.15) is 30.3 Å². The highest BCUT2D eigenvalue weighted by atomic mass is 15.3.